The van der Waals surface area contributed by atoms with Crippen LogP contribution < -0.4 is 10.1 Å². The van der Waals surface area contributed by atoms with Crippen LogP contribution in [0.15, 0.2) is 28.8 Å². The number of carbonyl (C=O) groups excluding carboxylic acids is 1. The minimum atomic E-state index is -4.77. The van der Waals surface area contributed by atoms with Gasteiger partial charge in [-0.2, -0.15) is 0 Å². The van der Waals surface area contributed by atoms with Crippen molar-refractivity contribution in [1.82, 2.24) is 10.5 Å². The fourth-order valence-corrected chi connectivity index (χ4v) is 2.36. The molecule has 0 spiro atoms. The van der Waals surface area contributed by atoms with Crippen molar-refractivity contribution >= 4 is 5.91 Å². The van der Waals surface area contributed by atoms with Gasteiger partial charge in [0.05, 0.1) is 18.3 Å². The summed E-state index contributed by atoms with van der Waals surface area (Å²) in [6.07, 6.45) is -4.10. The Morgan fingerprint density at radius 2 is 1.96 bits per heavy atom. The first-order valence-corrected chi connectivity index (χ1v) is 7.87. The monoisotopic (exact) mass is 372 g/mol. The van der Waals surface area contributed by atoms with E-state index in [9.17, 15) is 18.0 Å². The van der Waals surface area contributed by atoms with Crippen LogP contribution >= 0.6 is 0 Å². The summed E-state index contributed by atoms with van der Waals surface area (Å²) in [5.74, 6) is -0.585. The molecular formula is C17H19F3N2O4. The van der Waals surface area contributed by atoms with Crippen LogP contribution in [0.25, 0.3) is 11.3 Å². The van der Waals surface area contributed by atoms with Crippen molar-refractivity contribution in [3.8, 4) is 17.1 Å². The first kappa shape index (κ1) is 19.8. The van der Waals surface area contributed by atoms with Crippen molar-refractivity contribution < 1.29 is 32.0 Å². The molecule has 0 fully saturated rings. The van der Waals surface area contributed by atoms with Gasteiger partial charge in [-0.15, -0.1) is 13.2 Å². The highest BCUT2D eigenvalue weighted by molar-refractivity contribution is 6.00. The van der Waals surface area contributed by atoms with Gasteiger partial charge in [-0.1, -0.05) is 12.1 Å². The smallest absolute Gasteiger partial charge is 0.406 e. The van der Waals surface area contributed by atoms with Crippen LogP contribution in [0.1, 0.15) is 29.4 Å². The molecule has 0 aliphatic carbocycles. The number of methoxy groups -OCH3 is 1. The van der Waals surface area contributed by atoms with Crippen LogP contribution in [-0.2, 0) is 4.74 Å². The molecule has 9 heteroatoms. The van der Waals surface area contributed by atoms with Crippen LogP contribution in [-0.4, -0.2) is 37.2 Å². The van der Waals surface area contributed by atoms with Gasteiger partial charge in [0.25, 0.3) is 5.91 Å². The first-order chi connectivity index (χ1) is 12.2. The molecule has 0 bridgehead atoms. The van der Waals surface area contributed by atoms with E-state index in [1.165, 1.54) is 19.2 Å². The summed E-state index contributed by atoms with van der Waals surface area (Å²) in [7, 11) is 1.54. The molecule has 26 heavy (non-hydrogen) atoms. The summed E-state index contributed by atoms with van der Waals surface area (Å²) in [5, 5.41) is 6.62. The quantitative estimate of drug-likeness (QED) is 0.802. The molecule has 1 heterocycles. The lowest BCUT2D eigenvalue weighted by Gasteiger charge is -2.16. The Morgan fingerprint density at radius 1 is 1.31 bits per heavy atom. The topological polar surface area (TPSA) is 73.6 Å². The number of alkyl halides is 3. The molecule has 1 amide bonds. The van der Waals surface area contributed by atoms with Crippen LogP contribution in [0.3, 0.4) is 0 Å². The van der Waals surface area contributed by atoms with Gasteiger partial charge in [-0.3, -0.25) is 4.79 Å². The molecule has 0 aliphatic rings. The van der Waals surface area contributed by atoms with E-state index in [2.05, 4.69) is 15.2 Å². The molecule has 1 N–H and O–H groups in total. The Bertz CT molecular complexity index is 741. The number of aryl methyl sites for hydroxylation is 1. The van der Waals surface area contributed by atoms with Crippen LogP contribution in [0.5, 0.6) is 5.75 Å². The minimum Gasteiger partial charge on any atom is -0.406 e. The normalized spacial score (nSPS) is 12.7. The number of ether oxygens (including phenoxy) is 2. The summed E-state index contributed by atoms with van der Waals surface area (Å²) in [6.45, 7) is 3.87. The van der Waals surface area contributed by atoms with E-state index in [-0.39, 0.29) is 23.1 Å². The van der Waals surface area contributed by atoms with Crippen molar-refractivity contribution in [2.24, 2.45) is 0 Å². The second-order valence-electron chi connectivity index (χ2n) is 5.58. The molecule has 142 valence electrons. The van der Waals surface area contributed by atoms with E-state index in [4.69, 9.17) is 9.26 Å². The lowest BCUT2D eigenvalue weighted by atomic mass is 10.1. The summed E-state index contributed by atoms with van der Waals surface area (Å²) in [6, 6.07) is 4.83. The molecule has 1 atom stereocenters. The third-order valence-electron chi connectivity index (χ3n) is 3.64. The number of nitrogens with zero attached hydrogens (tertiary/aromatic N) is 1. The molecule has 2 rings (SSSR count). The number of amides is 1. The number of hydrogen-bond acceptors (Lipinski definition) is 5. The first-order valence-electron chi connectivity index (χ1n) is 7.87. The van der Waals surface area contributed by atoms with Crippen molar-refractivity contribution in [2.75, 3.05) is 13.7 Å². The van der Waals surface area contributed by atoms with Crippen molar-refractivity contribution in [3.63, 3.8) is 0 Å². The van der Waals surface area contributed by atoms with E-state index in [1.54, 1.807) is 6.92 Å². The standard InChI is InChI=1S/C17H19F3N2O4/c1-4-12(9-24-3)21-16(23)14-10(2)22-26-15(14)11-5-7-13(8-6-11)25-17(18,19)20/h5-8,12H,4,9H2,1-3H3,(H,21,23)/t12-/m1/s1. The molecule has 1 aromatic heterocycles. The Labute approximate surface area is 148 Å². The van der Waals surface area contributed by atoms with Crippen molar-refractivity contribution in [2.45, 2.75) is 32.7 Å². The molecule has 2 aromatic rings. The van der Waals surface area contributed by atoms with Crippen LogP contribution in [0.4, 0.5) is 13.2 Å². The highest BCUT2D eigenvalue weighted by Gasteiger charge is 2.31. The lowest BCUT2D eigenvalue weighted by Crippen LogP contribution is -2.37. The molecule has 0 radical (unpaired) electrons. The second-order valence-corrected chi connectivity index (χ2v) is 5.58. The fraction of sp³-hybridized carbons (Fsp3) is 0.412. The van der Waals surface area contributed by atoms with Crippen LogP contribution in [0.2, 0.25) is 0 Å². The highest BCUT2D eigenvalue weighted by Crippen LogP contribution is 2.29. The predicted octanol–water partition coefficient (Wildman–Crippen LogP) is 3.70. The maximum atomic E-state index is 12.6. The zero-order valence-corrected chi connectivity index (χ0v) is 14.5. The van der Waals surface area contributed by atoms with E-state index < -0.39 is 12.3 Å². The number of hydrogen-bond donors (Lipinski definition) is 1. The number of nitrogens with one attached hydrogen (secondary N) is 1. The van der Waals surface area contributed by atoms with Gasteiger partial charge in [-0.25, -0.2) is 0 Å². The number of halogens is 3. The molecule has 0 saturated heterocycles. The van der Waals surface area contributed by atoms with Gasteiger partial charge in [0, 0.05) is 12.7 Å². The van der Waals surface area contributed by atoms with Gasteiger partial charge in [0.15, 0.2) is 5.76 Å². The maximum absolute atomic E-state index is 12.6. The zero-order chi connectivity index (χ0) is 19.3. The average Bonchev–Trinajstić information content (AvgIpc) is 2.95. The van der Waals surface area contributed by atoms with Gasteiger partial charge in [-0.05, 0) is 37.6 Å². The molecule has 0 unspecified atom stereocenters. The van der Waals surface area contributed by atoms with E-state index >= 15 is 0 Å². The molecule has 6 nitrogen and oxygen atoms in total. The van der Waals surface area contributed by atoms with Gasteiger partial charge >= 0.3 is 6.36 Å². The SMILES string of the molecule is CC[C@H](COC)NC(=O)c1c(C)noc1-c1ccc(OC(F)(F)F)cc1. The predicted molar refractivity (Wildman–Crippen MR) is 86.8 cm³/mol. The number of benzene rings is 1. The Hall–Kier alpha value is -2.55. The third kappa shape index (κ3) is 4.98. The third-order valence-corrected chi connectivity index (χ3v) is 3.64. The Morgan fingerprint density at radius 3 is 2.50 bits per heavy atom. The highest BCUT2D eigenvalue weighted by atomic mass is 19.4. The molecular weight excluding hydrogens is 353 g/mol. The fourth-order valence-electron chi connectivity index (χ4n) is 2.36. The van der Waals surface area contributed by atoms with Gasteiger partial charge in [0.2, 0.25) is 0 Å². The van der Waals surface area contributed by atoms with Gasteiger partial charge < -0.3 is 19.3 Å². The number of aromatic nitrogens is 1. The Balaban J connectivity index is 2.25. The van der Waals surface area contributed by atoms with Gasteiger partial charge in [0.1, 0.15) is 11.3 Å². The average molecular weight is 372 g/mol. The van der Waals surface area contributed by atoms with Crippen LogP contribution in [0, 0.1) is 6.92 Å². The minimum absolute atomic E-state index is 0.172. The van der Waals surface area contributed by atoms with E-state index in [0.717, 1.165) is 12.1 Å². The van der Waals surface area contributed by atoms with E-state index in [0.29, 0.717) is 24.3 Å². The second kappa shape index (κ2) is 8.22. The summed E-state index contributed by atoms with van der Waals surface area (Å²) < 4.78 is 50.8. The van der Waals surface area contributed by atoms with Crippen molar-refractivity contribution in [1.29, 1.82) is 0 Å². The maximum Gasteiger partial charge on any atom is 0.573 e. The lowest BCUT2D eigenvalue weighted by molar-refractivity contribution is -0.274. The summed E-state index contributed by atoms with van der Waals surface area (Å²) in [4.78, 5) is 12.6. The molecule has 0 aliphatic heterocycles. The molecule has 1 aromatic carbocycles. The summed E-state index contributed by atoms with van der Waals surface area (Å²) >= 11 is 0. The molecule has 0 saturated carbocycles. The summed E-state index contributed by atoms with van der Waals surface area (Å²) in [5.41, 5.74) is 1.01. The van der Waals surface area contributed by atoms with Crippen molar-refractivity contribution in [3.05, 3.63) is 35.5 Å². The number of carbonyl (C=O) groups is 1. The largest absolute Gasteiger partial charge is 0.573 e. The zero-order valence-electron chi connectivity index (χ0n) is 14.5. The van der Waals surface area contributed by atoms with E-state index in [1.807, 2.05) is 6.92 Å². The number of rotatable bonds is 7. The Kier molecular flexibility index (Phi) is 6.25.